The zero-order valence-corrected chi connectivity index (χ0v) is 15.4. The fourth-order valence-corrected chi connectivity index (χ4v) is 3.31. The van der Waals surface area contributed by atoms with Gasteiger partial charge in [0.25, 0.3) is 5.91 Å². The minimum atomic E-state index is -0.290. The summed E-state index contributed by atoms with van der Waals surface area (Å²) < 4.78 is 13.1. The molecule has 4 rings (SSSR count). The zero-order valence-electron chi connectivity index (χ0n) is 14.7. The summed E-state index contributed by atoms with van der Waals surface area (Å²) in [6.07, 6.45) is -0.271. The fourth-order valence-electron chi connectivity index (χ4n) is 2.96. The fraction of sp³-hybridized carbons (Fsp3) is 0.200. The van der Waals surface area contributed by atoms with E-state index in [1.165, 1.54) is 0 Å². The van der Waals surface area contributed by atoms with Crippen molar-refractivity contribution >= 4 is 17.5 Å². The number of carbonyl (C=O) groups excluding carboxylic acids is 1. The van der Waals surface area contributed by atoms with E-state index in [-0.39, 0.29) is 17.2 Å². The number of benzene rings is 2. The van der Waals surface area contributed by atoms with Gasteiger partial charge in [0, 0.05) is 0 Å². The molecule has 0 aliphatic carbocycles. The Morgan fingerprint density at radius 1 is 1.19 bits per heavy atom. The number of nitrogens with zero attached hydrogens (tertiary/aromatic N) is 2. The monoisotopic (exact) mass is 383 g/mol. The molecule has 0 fully saturated rings. The predicted octanol–water partition coefficient (Wildman–Crippen LogP) is 3.40. The Morgan fingerprint density at radius 3 is 2.67 bits per heavy atom. The molecule has 0 saturated heterocycles. The highest BCUT2D eigenvalue weighted by atomic mass is 35.5. The number of hydrogen-bond acceptors (Lipinski definition) is 4. The van der Waals surface area contributed by atoms with Crippen molar-refractivity contribution in [1.82, 2.24) is 15.1 Å². The lowest BCUT2D eigenvalue weighted by molar-refractivity contribution is 0.0789. The van der Waals surface area contributed by atoms with E-state index >= 15 is 0 Å². The Bertz CT molecular complexity index is 972. The van der Waals surface area contributed by atoms with E-state index in [0.29, 0.717) is 35.9 Å². The van der Waals surface area contributed by atoms with Gasteiger partial charge in [-0.3, -0.25) is 4.79 Å². The molecule has 7 heteroatoms. The Kier molecular flexibility index (Phi) is 4.73. The molecule has 2 heterocycles. The predicted molar refractivity (Wildman–Crippen MR) is 102 cm³/mol. The maximum Gasteiger partial charge on any atom is 0.256 e. The minimum Gasteiger partial charge on any atom is -0.486 e. The van der Waals surface area contributed by atoms with Crippen molar-refractivity contribution < 1.29 is 14.3 Å². The molecule has 1 amide bonds. The second kappa shape index (κ2) is 7.32. The van der Waals surface area contributed by atoms with Crippen LogP contribution < -0.4 is 14.8 Å². The van der Waals surface area contributed by atoms with Crippen LogP contribution in [0.5, 0.6) is 11.5 Å². The number of aromatic nitrogens is 2. The largest absolute Gasteiger partial charge is 0.486 e. The average molecular weight is 384 g/mol. The number of carbonyl (C=O) groups is 1. The van der Waals surface area contributed by atoms with Gasteiger partial charge in [0.05, 0.1) is 23.5 Å². The maximum absolute atomic E-state index is 12.7. The van der Waals surface area contributed by atoms with Crippen molar-refractivity contribution in [3.63, 3.8) is 0 Å². The molecule has 0 bridgehead atoms. The van der Waals surface area contributed by atoms with E-state index < -0.39 is 0 Å². The summed E-state index contributed by atoms with van der Waals surface area (Å²) in [7, 11) is 0. The SMILES string of the molecule is Cc1nn(-c2ccccc2)c(Cl)c1C(=O)NCC1COc2ccccc2O1. The van der Waals surface area contributed by atoms with Crippen LogP contribution in [0.3, 0.4) is 0 Å². The van der Waals surface area contributed by atoms with Crippen LogP contribution in [0.4, 0.5) is 0 Å². The van der Waals surface area contributed by atoms with Crippen LogP contribution in [-0.4, -0.2) is 34.9 Å². The first kappa shape index (κ1) is 17.4. The van der Waals surface area contributed by atoms with Crippen LogP contribution in [0, 0.1) is 6.92 Å². The lowest BCUT2D eigenvalue weighted by Crippen LogP contribution is -2.40. The van der Waals surface area contributed by atoms with Crippen molar-refractivity contribution in [2.45, 2.75) is 13.0 Å². The molecule has 6 nitrogen and oxygen atoms in total. The quantitative estimate of drug-likeness (QED) is 0.749. The Morgan fingerprint density at radius 2 is 1.89 bits per heavy atom. The molecule has 1 aliphatic rings. The van der Waals surface area contributed by atoms with Gasteiger partial charge in [0.1, 0.15) is 17.9 Å². The van der Waals surface area contributed by atoms with Gasteiger partial charge in [-0.1, -0.05) is 41.9 Å². The number of ether oxygens (including phenoxy) is 2. The molecule has 0 saturated carbocycles. The molecule has 1 aliphatic heterocycles. The summed E-state index contributed by atoms with van der Waals surface area (Å²) in [5.41, 5.74) is 1.72. The molecule has 1 unspecified atom stereocenters. The van der Waals surface area contributed by atoms with Gasteiger partial charge in [-0.2, -0.15) is 5.10 Å². The zero-order chi connectivity index (χ0) is 18.8. The molecule has 27 heavy (non-hydrogen) atoms. The Balaban J connectivity index is 1.46. The van der Waals surface area contributed by atoms with Gasteiger partial charge in [0.2, 0.25) is 0 Å². The summed E-state index contributed by atoms with van der Waals surface area (Å²) in [6.45, 7) is 2.43. The molecule has 2 aromatic carbocycles. The molecule has 138 valence electrons. The number of aryl methyl sites for hydroxylation is 1. The summed E-state index contributed by atoms with van der Waals surface area (Å²) in [4.78, 5) is 12.7. The van der Waals surface area contributed by atoms with Gasteiger partial charge in [-0.25, -0.2) is 4.68 Å². The lowest BCUT2D eigenvalue weighted by Gasteiger charge is -2.26. The number of amides is 1. The Hall–Kier alpha value is -2.99. The van der Waals surface area contributed by atoms with Crippen LogP contribution in [0.25, 0.3) is 5.69 Å². The van der Waals surface area contributed by atoms with Crippen molar-refractivity contribution in [2.24, 2.45) is 0 Å². The van der Waals surface area contributed by atoms with E-state index in [0.717, 1.165) is 5.69 Å². The number of para-hydroxylation sites is 3. The third-order valence-electron chi connectivity index (χ3n) is 4.29. The molecule has 1 atom stereocenters. The highest BCUT2D eigenvalue weighted by Gasteiger charge is 2.24. The highest BCUT2D eigenvalue weighted by molar-refractivity contribution is 6.33. The smallest absolute Gasteiger partial charge is 0.256 e. The first-order valence-corrected chi connectivity index (χ1v) is 8.98. The van der Waals surface area contributed by atoms with E-state index in [9.17, 15) is 4.79 Å². The Labute approximate surface area is 161 Å². The van der Waals surface area contributed by atoms with Crippen LogP contribution in [0.2, 0.25) is 5.15 Å². The number of halogens is 1. The summed E-state index contributed by atoms with van der Waals surface area (Å²) in [6, 6.07) is 16.9. The molecule has 1 aromatic heterocycles. The van der Waals surface area contributed by atoms with E-state index in [1.807, 2.05) is 54.6 Å². The third-order valence-corrected chi connectivity index (χ3v) is 4.64. The maximum atomic E-state index is 12.7. The number of nitrogens with one attached hydrogen (secondary N) is 1. The number of hydrogen-bond donors (Lipinski definition) is 1. The molecular formula is C20H18ClN3O3. The molecule has 0 radical (unpaired) electrons. The van der Waals surface area contributed by atoms with Crippen molar-refractivity contribution in [3.05, 3.63) is 71.0 Å². The summed E-state index contributed by atoms with van der Waals surface area (Å²) in [5.74, 6) is 1.10. The standard InChI is InChI=1S/C20H18ClN3O3/c1-13-18(19(21)24(23-13)14-7-3-2-4-8-14)20(25)22-11-15-12-26-16-9-5-6-10-17(16)27-15/h2-10,15H,11-12H2,1H3,(H,22,25). The van der Waals surface area contributed by atoms with Crippen LogP contribution in [-0.2, 0) is 0 Å². The minimum absolute atomic E-state index is 0.271. The van der Waals surface area contributed by atoms with Crippen molar-refractivity contribution in [1.29, 1.82) is 0 Å². The molecule has 0 spiro atoms. The van der Waals surface area contributed by atoms with E-state index in [4.69, 9.17) is 21.1 Å². The van der Waals surface area contributed by atoms with Gasteiger partial charge in [0.15, 0.2) is 11.5 Å². The summed E-state index contributed by atoms with van der Waals surface area (Å²) in [5, 5.41) is 7.54. The third kappa shape index (κ3) is 3.48. The van der Waals surface area contributed by atoms with E-state index in [2.05, 4.69) is 10.4 Å². The number of fused-ring (bicyclic) bond motifs is 1. The van der Waals surface area contributed by atoms with Crippen LogP contribution in [0.15, 0.2) is 54.6 Å². The first-order chi connectivity index (χ1) is 13.1. The van der Waals surface area contributed by atoms with Crippen LogP contribution >= 0.6 is 11.6 Å². The highest BCUT2D eigenvalue weighted by Crippen LogP contribution is 2.30. The molecule has 3 aromatic rings. The van der Waals surface area contributed by atoms with Crippen molar-refractivity contribution in [2.75, 3.05) is 13.2 Å². The van der Waals surface area contributed by atoms with E-state index in [1.54, 1.807) is 11.6 Å². The lowest BCUT2D eigenvalue weighted by atomic mass is 10.2. The average Bonchev–Trinajstić information content (AvgIpc) is 3.01. The molecular weight excluding hydrogens is 366 g/mol. The van der Waals surface area contributed by atoms with Crippen molar-refractivity contribution in [3.8, 4) is 17.2 Å². The van der Waals surface area contributed by atoms with Gasteiger partial charge in [-0.15, -0.1) is 0 Å². The topological polar surface area (TPSA) is 65.4 Å². The van der Waals surface area contributed by atoms with Gasteiger partial charge in [-0.05, 0) is 31.2 Å². The first-order valence-electron chi connectivity index (χ1n) is 8.60. The van der Waals surface area contributed by atoms with Gasteiger partial charge < -0.3 is 14.8 Å². The van der Waals surface area contributed by atoms with Gasteiger partial charge >= 0.3 is 0 Å². The normalized spacial score (nSPS) is 15.4. The summed E-state index contributed by atoms with van der Waals surface area (Å²) >= 11 is 6.43. The van der Waals surface area contributed by atoms with Crippen LogP contribution in [0.1, 0.15) is 16.1 Å². The molecule has 1 N–H and O–H groups in total. The second-order valence-electron chi connectivity index (χ2n) is 6.21. The second-order valence-corrected chi connectivity index (χ2v) is 6.56. The number of rotatable bonds is 4.